The minimum absolute atomic E-state index is 0.518. The second kappa shape index (κ2) is 4.31. The Morgan fingerprint density at radius 2 is 2.00 bits per heavy atom. The topological polar surface area (TPSA) is 43.6 Å². The summed E-state index contributed by atoms with van der Waals surface area (Å²) in [6.45, 7) is 2.00. The van der Waals surface area contributed by atoms with Crippen molar-refractivity contribution >= 4 is 47.8 Å². The molecule has 0 aliphatic carbocycles. The number of nitrogens with zero attached hydrogens (tertiary/aromatic N) is 4. The summed E-state index contributed by atoms with van der Waals surface area (Å²) in [5.74, 6) is 0.708. The zero-order valence-electron chi connectivity index (χ0n) is 7.58. The summed E-state index contributed by atoms with van der Waals surface area (Å²) in [6.07, 6.45) is 1.73. The zero-order valence-corrected chi connectivity index (χ0v) is 12.3. The Morgan fingerprint density at radius 1 is 1.27 bits per heavy atom. The quantitative estimate of drug-likeness (QED) is 0.743. The third kappa shape index (κ3) is 2.14. The van der Waals surface area contributed by atoms with Crippen LogP contribution in [0.4, 0.5) is 0 Å². The maximum atomic E-state index is 4.25. The van der Waals surface area contributed by atoms with Gasteiger partial charge in [0.1, 0.15) is 0 Å². The molecular formula is C8H5Br3N4. The molecular weight excluding hydrogens is 392 g/mol. The van der Waals surface area contributed by atoms with E-state index in [2.05, 4.69) is 62.9 Å². The second-order valence-electron chi connectivity index (χ2n) is 2.83. The van der Waals surface area contributed by atoms with Gasteiger partial charge in [0.15, 0.2) is 5.82 Å². The van der Waals surface area contributed by atoms with Crippen LogP contribution in [0.3, 0.4) is 0 Å². The number of hydrogen-bond donors (Lipinski definition) is 0. The fourth-order valence-corrected chi connectivity index (χ4v) is 2.46. The molecule has 0 aromatic carbocycles. The molecule has 0 atom stereocenters. The second-order valence-corrected chi connectivity index (χ2v) is 5.04. The Hall–Kier alpha value is -0.270. The Labute approximate surface area is 112 Å². The third-order valence-corrected chi connectivity index (χ3v) is 3.64. The first kappa shape index (κ1) is 11.2. The van der Waals surface area contributed by atoms with Gasteiger partial charge >= 0.3 is 0 Å². The predicted octanol–water partition coefficient (Wildman–Crippen LogP) is 3.26. The lowest BCUT2D eigenvalue weighted by Gasteiger charge is -2.05. The van der Waals surface area contributed by atoms with Crippen molar-refractivity contribution < 1.29 is 0 Å². The van der Waals surface area contributed by atoms with Crippen LogP contribution in [0.1, 0.15) is 5.56 Å². The molecule has 15 heavy (non-hydrogen) atoms. The Kier molecular flexibility index (Phi) is 3.22. The van der Waals surface area contributed by atoms with E-state index < -0.39 is 0 Å². The third-order valence-electron chi connectivity index (χ3n) is 1.81. The van der Waals surface area contributed by atoms with Crippen molar-refractivity contribution in [2.45, 2.75) is 6.92 Å². The minimum Gasteiger partial charge on any atom is -0.236 e. The molecule has 2 aromatic heterocycles. The van der Waals surface area contributed by atoms with E-state index in [1.54, 1.807) is 10.9 Å². The van der Waals surface area contributed by atoms with E-state index >= 15 is 0 Å². The molecule has 0 saturated heterocycles. The molecule has 0 spiro atoms. The first-order valence-electron chi connectivity index (χ1n) is 3.99. The maximum Gasteiger partial charge on any atom is 0.218 e. The van der Waals surface area contributed by atoms with Crippen LogP contribution in [0.15, 0.2) is 26.2 Å². The highest BCUT2D eigenvalue weighted by Crippen LogP contribution is 2.25. The zero-order chi connectivity index (χ0) is 11.0. The first-order chi connectivity index (χ1) is 7.09. The van der Waals surface area contributed by atoms with Crippen molar-refractivity contribution in [3.8, 4) is 5.82 Å². The van der Waals surface area contributed by atoms with E-state index in [1.807, 2.05) is 13.0 Å². The monoisotopic (exact) mass is 394 g/mol. The number of aryl methyl sites for hydroxylation is 1. The molecule has 4 nitrogen and oxygen atoms in total. The normalized spacial score (nSPS) is 10.7. The van der Waals surface area contributed by atoms with Crippen LogP contribution in [0.5, 0.6) is 0 Å². The average molecular weight is 397 g/mol. The van der Waals surface area contributed by atoms with Gasteiger partial charge in [-0.3, -0.25) is 0 Å². The van der Waals surface area contributed by atoms with Crippen molar-refractivity contribution in [2.24, 2.45) is 0 Å². The summed E-state index contributed by atoms with van der Waals surface area (Å²) in [6, 6.07) is 1.92. The SMILES string of the molecule is Cc1ccnc(-n2nc(Br)nc2Br)c1Br. The number of rotatable bonds is 1. The van der Waals surface area contributed by atoms with Crippen molar-refractivity contribution in [2.75, 3.05) is 0 Å². The summed E-state index contributed by atoms with van der Waals surface area (Å²) >= 11 is 9.99. The fraction of sp³-hybridized carbons (Fsp3) is 0.125. The standard InChI is InChI=1S/C8H5Br3N4/c1-4-2-3-12-6(5(4)9)15-8(11)13-7(10)14-15/h2-3H,1H3. The molecule has 0 unspecified atom stereocenters. The highest BCUT2D eigenvalue weighted by Gasteiger charge is 2.12. The smallest absolute Gasteiger partial charge is 0.218 e. The lowest BCUT2D eigenvalue weighted by Crippen LogP contribution is -2.02. The van der Waals surface area contributed by atoms with E-state index in [-0.39, 0.29) is 0 Å². The molecule has 0 N–H and O–H groups in total. The Balaban J connectivity index is 2.64. The summed E-state index contributed by atoms with van der Waals surface area (Å²) in [4.78, 5) is 8.33. The highest BCUT2D eigenvalue weighted by atomic mass is 79.9. The predicted molar refractivity (Wildman–Crippen MR) is 67.0 cm³/mol. The Morgan fingerprint density at radius 3 is 2.60 bits per heavy atom. The van der Waals surface area contributed by atoms with Gasteiger partial charge in [0.25, 0.3) is 0 Å². The van der Waals surface area contributed by atoms with Crippen LogP contribution < -0.4 is 0 Å². The molecule has 78 valence electrons. The van der Waals surface area contributed by atoms with Crippen molar-refractivity contribution in [3.05, 3.63) is 31.8 Å². The summed E-state index contributed by atoms with van der Waals surface area (Å²) in [5, 5.41) is 4.17. The molecule has 0 amide bonds. The summed E-state index contributed by atoms with van der Waals surface area (Å²) in [5.41, 5.74) is 1.10. The first-order valence-corrected chi connectivity index (χ1v) is 6.37. The maximum absolute atomic E-state index is 4.25. The van der Waals surface area contributed by atoms with Gasteiger partial charge in [-0.2, -0.15) is 9.67 Å². The molecule has 0 aliphatic rings. The molecule has 7 heteroatoms. The van der Waals surface area contributed by atoms with Crippen molar-refractivity contribution in [1.82, 2.24) is 19.7 Å². The van der Waals surface area contributed by atoms with Gasteiger partial charge in [-0.15, -0.1) is 5.10 Å². The van der Waals surface area contributed by atoms with Gasteiger partial charge in [-0.1, -0.05) is 0 Å². The van der Waals surface area contributed by atoms with Crippen LogP contribution >= 0.6 is 47.8 Å². The van der Waals surface area contributed by atoms with Gasteiger partial charge in [0.05, 0.1) is 4.47 Å². The molecule has 2 aromatic rings. The van der Waals surface area contributed by atoms with Gasteiger partial charge in [0.2, 0.25) is 9.47 Å². The van der Waals surface area contributed by atoms with Gasteiger partial charge in [-0.25, -0.2) is 4.98 Å². The minimum atomic E-state index is 0.518. The number of hydrogen-bond acceptors (Lipinski definition) is 3. The van der Waals surface area contributed by atoms with Crippen molar-refractivity contribution in [1.29, 1.82) is 0 Å². The lowest BCUT2D eigenvalue weighted by molar-refractivity contribution is 0.812. The van der Waals surface area contributed by atoms with Gasteiger partial charge in [-0.05, 0) is 66.3 Å². The van der Waals surface area contributed by atoms with Crippen LogP contribution in [-0.4, -0.2) is 19.7 Å². The van der Waals surface area contributed by atoms with E-state index in [4.69, 9.17) is 0 Å². The Bertz CT molecular complexity index is 509. The van der Waals surface area contributed by atoms with Crippen LogP contribution in [0.25, 0.3) is 5.82 Å². The molecule has 2 heterocycles. The van der Waals surface area contributed by atoms with Crippen LogP contribution in [-0.2, 0) is 0 Å². The van der Waals surface area contributed by atoms with Crippen LogP contribution in [0, 0.1) is 6.92 Å². The van der Waals surface area contributed by atoms with E-state index in [1.165, 1.54) is 0 Å². The largest absolute Gasteiger partial charge is 0.236 e. The molecule has 2 rings (SSSR count). The average Bonchev–Trinajstić information content (AvgIpc) is 2.50. The van der Waals surface area contributed by atoms with Crippen molar-refractivity contribution in [3.63, 3.8) is 0 Å². The molecule has 0 saturated carbocycles. The molecule has 0 aliphatic heterocycles. The summed E-state index contributed by atoms with van der Waals surface area (Å²) < 4.78 is 3.64. The number of pyridine rings is 1. The van der Waals surface area contributed by atoms with Gasteiger partial charge in [0, 0.05) is 6.20 Å². The van der Waals surface area contributed by atoms with Gasteiger partial charge < -0.3 is 0 Å². The summed E-state index contributed by atoms with van der Waals surface area (Å²) in [7, 11) is 0. The molecule has 0 fully saturated rings. The van der Waals surface area contributed by atoms with Crippen LogP contribution in [0.2, 0.25) is 0 Å². The molecule has 0 bridgehead atoms. The fourth-order valence-electron chi connectivity index (χ4n) is 1.08. The highest BCUT2D eigenvalue weighted by molar-refractivity contribution is 9.11. The van der Waals surface area contributed by atoms with E-state index in [9.17, 15) is 0 Å². The molecule has 0 radical (unpaired) electrons. The number of halogens is 3. The number of aromatic nitrogens is 4. The lowest BCUT2D eigenvalue weighted by atomic mass is 10.3. The van der Waals surface area contributed by atoms with E-state index in [0.717, 1.165) is 10.0 Å². The van der Waals surface area contributed by atoms with E-state index in [0.29, 0.717) is 15.3 Å².